The number of aromatic nitrogens is 2. The van der Waals surface area contributed by atoms with Crippen LogP contribution in [0.5, 0.6) is 0 Å². The maximum atomic E-state index is 8.39. The number of rotatable bonds is 2. The van der Waals surface area contributed by atoms with Gasteiger partial charge in [0.25, 0.3) is 0 Å². The first-order valence-corrected chi connectivity index (χ1v) is 5.77. The average Bonchev–Trinajstić information content (AvgIpc) is 2.88. The van der Waals surface area contributed by atoms with Gasteiger partial charge in [0.2, 0.25) is 11.8 Å². The molecular formula is C10H13BrN2O3. The van der Waals surface area contributed by atoms with Gasteiger partial charge >= 0.3 is 0 Å². The number of halogens is 1. The van der Waals surface area contributed by atoms with Crippen molar-refractivity contribution < 1.29 is 13.9 Å². The maximum absolute atomic E-state index is 8.39. The van der Waals surface area contributed by atoms with Gasteiger partial charge in [-0.15, -0.1) is 0 Å². The molecule has 0 unspecified atom stereocenters. The summed E-state index contributed by atoms with van der Waals surface area (Å²) in [6, 6.07) is 0. The Hall–Kier alpha value is -1.14. The fraction of sp³-hybridized carbons (Fsp3) is 0.400. The van der Waals surface area contributed by atoms with E-state index in [0.717, 1.165) is 17.4 Å². The van der Waals surface area contributed by atoms with E-state index in [1.807, 2.05) is 6.92 Å². The van der Waals surface area contributed by atoms with Crippen molar-refractivity contribution in [3.05, 3.63) is 35.7 Å². The normalized spacial score (nSPS) is 9.75. The largest absolute Gasteiger partial charge is 0.445 e. The summed E-state index contributed by atoms with van der Waals surface area (Å²) in [6.07, 6.45) is 3.28. The third-order valence-electron chi connectivity index (χ3n) is 1.59. The van der Waals surface area contributed by atoms with Crippen LogP contribution in [-0.2, 0) is 11.9 Å². The molecule has 0 aliphatic heterocycles. The molecule has 2 aromatic rings. The van der Waals surface area contributed by atoms with Crippen LogP contribution in [0.2, 0.25) is 0 Å². The first kappa shape index (κ1) is 12.9. The Morgan fingerprint density at radius 1 is 1.12 bits per heavy atom. The van der Waals surface area contributed by atoms with Crippen LogP contribution in [0.3, 0.4) is 0 Å². The van der Waals surface area contributed by atoms with Crippen molar-refractivity contribution in [2.75, 3.05) is 0 Å². The quantitative estimate of drug-likeness (QED) is 0.859. The second-order valence-corrected chi connectivity index (χ2v) is 3.58. The minimum absolute atomic E-state index is 0.117. The Morgan fingerprint density at radius 3 is 1.81 bits per heavy atom. The molecule has 0 aromatic carbocycles. The number of nitrogens with zero attached hydrogens (tertiary/aromatic N) is 2. The lowest BCUT2D eigenvalue weighted by molar-refractivity contribution is 0.238. The van der Waals surface area contributed by atoms with Gasteiger partial charge in [-0.1, -0.05) is 15.9 Å². The fourth-order valence-corrected chi connectivity index (χ4v) is 1.20. The predicted molar refractivity (Wildman–Crippen MR) is 61.0 cm³/mol. The molecule has 0 bridgehead atoms. The van der Waals surface area contributed by atoms with E-state index in [0.29, 0.717) is 11.2 Å². The zero-order valence-corrected chi connectivity index (χ0v) is 10.7. The summed E-state index contributed by atoms with van der Waals surface area (Å²) in [5.41, 5.74) is 0. The van der Waals surface area contributed by atoms with E-state index in [-0.39, 0.29) is 6.61 Å². The third kappa shape index (κ3) is 4.16. The first-order valence-electron chi connectivity index (χ1n) is 4.65. The lowest BCUT2D eigenvalue weighted by Gasteiger charge is -1.80. The van der Waals surface area contributed by atoms with Crippen LogP contribution in [0.1, 0.15) is 23.3 Å². The van der Waals surface area contributed by atoms with E-state index in [4.69, 9.17) is 13.9 Å². The average molecular weight is 289 g/mol. The second-order valence-electron chi connectivity index (χ2n) is 3.02. The van der Waals surface area contributed by atoms with Gasteiger partial charge in [0.05, 0.1) is 17.7 Å². The monoisotopic (exact) mass is 288 g/mol. The molecule has 1 N–H and O–H groups in total. The number of hydrogen-bond acceptors (Lipinski definition) is 5. The van der Waals surface area contributed by atoms with E-state index in [1.54, 1.807) is 19.3 Å². The molecule has 0 amide bonds. The van der Waals surface area contributed by atoms with Gasteiger partial charge in [0.1, 0.15) is 18.1 Å². The van der Waals surface area contributed by atoms with Crippen LogP contribution < -0.4 is 0 Å². The van der Waals surface area contributed by atoms with Crippen LogP contribution >= 0.6 is 15.9 Å². The zero-order chi connectivity index (χ0) is 12.0. The SMILES string of the molecule is Cc1cnc(CBr)o1.Cc1cnc(CO)o1. The predicted octanol–water partition coefficient (Wildman–Crippen LogP) is 2.35. The molecule has 2 rings (SSSR count). The van der Waals surface area contributed by atoms with Gasteiger partial charge in [-0.2, -0.15) is 0 Å². The van der Waals surface area contributed by atoms with Crippen LogP contribution in [0.15, 0.2) is 21.2 Å². The van der Waals surface area contributed by atoms with Gasteiger partial charge in [-0.25, -0.2) is 9.97 Å². The molecular weight excluding hydrogens is 276 g/mol. The summed E-state index contributed by atoms with van der Waals surface area (Å²) in [5.74, 6) is 2.71. The minimum Gasteiger partial charge on any atom is -0.445 e. The summed E-state index contributed by atoms with van der Waals surface area (Å²) >= 11 is 3.21. The van der Waals surface area contributed by atoms with Gasteiger partial charge in [0.15, 0.2) is 0 Å². The number of alkyl halides is 1. The van der Waals surface area contributed by atoms with Gasteiger partial charge in [-0.05, 0) is 13.8 Å². The highest BCUT2D eigenvalue weighted by Crippen LogP contribution is 2.04. The van der Waals surface area contributed by atoms with Crippen molar-refractivity contribution in [1.29, 1.82) is 0 Å². The van der Waals surface area contributed by atoms with E-state index >= 15 is 0 Å². The van der Waals surface area contributed by atoms with E-state index in [9.17, 15) is 0 Å². The van der Waals surface area contributed by atoms with Crippen LogP contribution in [0, 0.1) is 13.8 Å². The molecule has 2 heterocycles. The van der Waals surface area contributed by atoms with Crippen LogP contribution in [0.25, 0.3) is 0 Å². The molecule has 88 valence electrons. The van der Waals surface area contributed by atoms with Crippen molar-refractivity contribution >= 4 is 15.9 Å². The Bertz CT molecular complexity index is 385. The highest BCUT2D eigenvalue weighted by atomic mass is 79.9. The molecule has 2 aromatic heterocycles. The summed E-state index contributed by atoms with van der Waals surface area (Å²) in [4.78, 5) is 7.64. The molecule has 5 nitrogen and oxygen atoms in total. The topological polar surface area (TPSA) is 72.3 Å². The summed E-state index contributed by atoms with van der Waals surface area (Å²) in [7, 11) is 0. The highest BCUT2D eigenvalue weighted by Gasteiger charge is 1.94. The summed E-state index contributed by atoms with van der Waals surface area (Å²) < 4.78 is 9.95. The lowest BCUT2D eigenvalue weighted by atomic mass is 10.6. The lowest BCUT2D eigenvalue weighted by Crippen LogP contribution is -1.78. The number of oxazole rings is 2. The molecule has 0 saturated heterocycles. The smallest absolute Gasteiger partial charge is 0.220 e. The molecule has 0 saturated carbocycles. The van der Waals surface area contributed by atoms with E-state index in [2.05, 4.69) is 25.9 Å². The third-order valence-corrected chi connectivity index (χ3v) is 2.07. The van der Waals surface area contributed by atoms with Crippen molar-refractivity contribution in [2.24, 2.45) is 0 Å². The molecule has 0 fully saturated rings. The number of aryl methyl sites for hydroxylation is 2. The van der Waals surface area contributed by atoms with Crippen molar-refractivity contribution in [2.45, 2.75) is 25.8 Å². The molecule has 6 heteroatoms. The number of aliphatic hydroxyl groups excluding tert-OH is 1. The van der Waals surface area contributed by atoms with Crippen molar-refractivity contribution in [1.82, 2.24) is 9.97 Å². The molecule has 16 heavy (non-hydrogen) atoms. The highest BCUT2D eigenvalue weighted by molar-refractivity contribution is 9.08. The van der Waals surface area contributed by atoms with Crippen LogP contribution in [0.4, 0.5) is 0 Å². The van der Waals surface area contributed by atoms with E-state index in [1.165, 1.54) is 0 Å². The summed E-state index contributed by atoms with van der Waals surface area (Å²) in [6.45, 7) is 3.54. The Labute approximate surface area is 102 Å². The van der Waals surface area contributed by atoms with E-state index < -0.39 is 0 Å². The second kappa shape index (κ2) is 6.44. The van der Waals surface area contributed by atoms with Crippen molar-refractivity contribution in [3.8, 4) is 0 Å². The van der Waals surface area contributed by atoms with Crippen LogP contribution in [-0.4, -0.2) is 15.1 Å². The molecule has 0 radical (unpaired) electrons. The Morgan fingerprint density at radius 2 is 1.62 bits per heavy atom. The number of aliphatic hydroxyl groups is 1. The Kier molecular flexibility index (Phi) is 5.21. The fourth-order valence-electron chi connectivity index (χ4n) is 0.938. The number of hydrogen-bond donors (Lipinski definition) is 1. The molecule has 0 atom stereocenters. The molecule has 0 aliphatic carbocycles. The zero-order valence-electron chi connectivity index (χ0n) is 9.11. The molecule has 0 spiro atoms. The summed E-state index contributed by atoms with van der Waals surface area (Å²) in [5, 5.41) is 9.09. The first-order chi connectivity index (χ1) is 7.65. The standard InChI is InChI=1S/C5H6BrNO.C5H7NO2/c1-4-3-7-5(2-6)8-4;1-4-2-6-5(3-7)8-4/h3H,2H2,1H3;2,7H,3H2,1H3. The van der Waals surface area contributed by atoms with Gasteiger partial charge < -0.3 is 13.9 Å². The van der Waals surface area contributed by atoms with Gasteiger partial charge in [-0.3, -0.25) is 0 Å². The molecule has 0 aliphatic rings. The van der Waals surface area contributed by atoms with Gasteiger partial charge in [0, 0.05) is 0 Å². The Balaban J connectivity index is 0.000000160. The van der Waals surface area contributed by atoms with Crippen molar-refractivity contribution in [3.63, 3.8) is 0 Å². The minimum atomic E-state index is -0.117. The maximum Gasteiger partial charge on any atom is 0.220 e.